The first-order valence-electron chi connectivity index (χ1n) is 3.68. The summed E-state index contributed by atoms with van der Waals surface area (Å²) >= 11 is 0. The Morgan fingerprint density at radius 1 is 1.40 bits per heavy atom. The van der Waals surface area contributed by atoms with Crippen LogP contribution in [-0.4, -0.2) is 16.2 Å². The highest BCUT2D eigenvalue weighted by molar-refractivity contribution is 5.66. The van der Waals surface area contributed by atoms with Crippen molar-refractivity contribution in [1.82, 2.24) is 10.4 Å². The average molecular weight is 221 g/mol. The third-order valence-electron chi connectivity index (χ3n) is 1.39. The van der Waals surface area contributed by atoms with Gasteiger partial charge in [-0.2, -0.15) is 13.2 Å². The maximum atomic E-state index is 12.1. The zero-order chi connectivity index (χ0) is 11.5. The van der Waals surface area contributed by atoms with E-state index in [4.69, 9.17) is 5.11 Å². The van der Waals surface area contributed by atoms with E-state index in [0.717, 1.165) is 12.1 Å². The van der Waals surface area contributed by atoms with Crippen molar-refractivity contribution >= 4 is 11.9 Å². The zero-order valence-corrected chi connectivity index (χ0v) is 7.17. The van der Waals surface area contributed by atoms with Gasteiger partial charge in [-0.15, -0.1) is 0 Å². The van der Waals surface area contributed by atoms with Crippen molar-refractivity contribution in [3.05, 3.63) is 23.9 Å². The van der Waals surface area contributed by atoms with Crippen molar-refractivity contribution in [3.8, 4) is 0 Å². The van der Waals surface area contributed by atoms with Crippen molar-refractivity contribution in [1.29, 1.82) is 0 Å². The Morgan fingerprint density at radius 3 is 2.47 bits per heavy atom. The third kappa shape index (κ3) is 3.33. The van der Waals surface area contributed by atoms with E-state index in [2.05, 4.69) is 10.4 Å². The molecule has 0 aliphatic carbocycles. The molecule has 82 valence electrons. The minimum absolute atomic E-state index is 0.0228. The van der Waals surface area contributed by atoms with Gasteiger partial charge >= 0.3 is 12.3 Å². The van der Waals surface area contributed by atoms with Gasteiger partial charge in [-0.3, -0.25) is 5.43 Å². The summed E-state index contributed by atoms with van der Waals surface area (Å²) in [5.41, 5.74) is 2.94. The summed E-state index contributed by atoms with van der Waals surface area (Å²) < 4.78 is 36.2. The first kappa shape index (κ1) is 11.1. The summed E-state index contributed by atoms with van der Waals surface area (Å²) in [6, 6.07) is 1.80. The van der Waals surface area contributed by atoms with Crippen LogP contribution in [-0.2, 0) is 6.18 Å². The topological polar surface area (TPSA) is 74.2 Å². The molecule has 8 heteroatoms. The van der Waals surface area contributed by atoms with E-state index in [9.17, 15) is 18.0 Å². The lowest BCUT2D eigenvalue weighted by molar-refractivity contribution is -0.137. The van der Waals surface area contributed by atoms with Gasteiger partial charge in [0, 0.05) is 6.20 Å². The van der Waals surface area contributed by atoms with E-state index in [1.807, 2.05) is 0 Å². The van der Waals surface area contributed by atoms with Gasteiger partial charge in [-0.1, -0.05) is 0 Å². The Morgan fingerprint density at radius 2 is 2.07 bits per heavy atom. The number of hydrogen-bond donors (Lipinski definition) is 3. The molecule has 1 aromatic heterocycles. The van der Waals surface area contributed by atoms with Crippen molar-refractivity contribution in [3.63, 3.8) is 0 Å². The first-order valence-corrected chi connectivity index (χ1v) is 3.68. The number of carboxylic acid groups (broad SMARTS) is 1. The number of amides is 1. The second-order valence-electron chi connectivity index (χ2n) is 2.49. The molecule has 0 saturated carbocycles. The number of carbonyl (C=O) groups is 1. The number of aromatic nitrogens is 1. The number of rotatable bonds is 2. The third-order valence-corrected chi connectivity index (χ3v) is 1.39. The molecule has 0 bridgehead atoms. The lowest BCUT2D eigenvalue weighted by atomic mass is 10.3. The van der Waals surface area contributed by atoms with Crippen LogP contribution < -0.4 is 10.9 Å². The number of anilines is 1. The molecule has 1 amide bonds. The maximum absolute atomic E-state index is 12.1. The molecule has 15 heavy (non-hydrogen) atoms. The van der Waals surface area contributed by atoms with Gasteiger partial charge in [0.05, 0.1) is 5.56 Å². The van der Waals surface area contributed by atoms with Gasteiger partial charge in [0.15, 0.2) is 0 Å². The second-order valence-corrected chi connectivity index (χ2v) is 2.49. The zero-order valence-electron chi connectivity index (χ0n) is 7.17. The number of nitrogens with one attached hydrogen (secondary N) is 2. The molecular formula is C7H6F3N3O2. The van der Waals surface area contributed by atoms with Gasteiger partial charge in [-0.25, -0.2) is 15.2 Å². The summed E-state index contributed by atoms with van der Waals surface area (Å²) in [5.74, 6) is -0.0228. The molecule has 0 fully saturated rings. The highest BCUT2D eigenvalue weighted by Crippen LogP contribution is 2.28. The molecule has 3 N–H and O–H groups in total. The van der Waals surface area contributed by atoms with Crippen LogP contribution in [0.15, 0.2) is 18.3 Å². The number of pyridine rings is 1. The molecule has 1 aromatic rings. The van der Waals surface area contributed by atoms with E-state index >= 15 is 0 Å². The molecule has 5 nitrogen and oxygen atoms in total. The first-order chi connectivity index (χ1) is 6.89. The fraction of sp³-hybridized carbons (Fsp3) is 0.143. The molecule has 1 heterocycles. The number of nitrogens with zero attached hydrogens (tertiary/aromatic N) is 1. The van der Waals surface area contributed by atoms with Crippen molar-refractivity contribution in [2.24, 2.45) is 0 Å². The standard InChI is InChI=1S/C7H6F3N3O2/c8-7(9,10)4-1-2-5(11-3-4)12-13-6(14)15/h1-3,13H,(H,11,12)(H,14,15). The quantitative estimate of drug-likeness (QED) is 0.664. The van der Waals surface area contributed by atoms with E-state index in [-0.39, 0.29) is 5.82 Å². The molecule has 0 atom stereocenters. The summed E-state index contributed by atoms with van der Waals surface area (Å²) in [7, 11) is 0. The minimum atomic E-state index is -4.45. The number of alkyl halides is 3. The van der Waals surface area contributed by atoms with Gasteiger partial charge in [0.2, 0.25) is 0 Å². The van der Waals surface area contributed by atoms with E-state index in [1.54, 1.807) is 5.43 Å². The van der Waals surface area contributed by atoms with Crippen LogP contribution in [0.2, 0.25) is 0 Å². The molecule has 0 saturated heterocycles. The van der Waals surface area contributed by atoms with Crippen LogP contribution in [0.25, 0.3) is 0 Å². The van der Waals surface area contributed by atoms with Crippen LogP contribution in [0.5, 0.6) is 0 Å². The van der Waals surface area contributed by atoms with Crippen LogP contribution in [0.3, 0.4) is 0 Å². The molecule has 0 spiro atoms. The lowest BCUT2D eigenvalue weighted by Gasteiger charge is -2.07. The molecule has 1 rings (SSSR count). The Bertz CT molecular complexity index is 349. The second kappa shape index (κ2) is 4.03. The molecule has 0 aromatic carbocycles. The molecule has 0 aliphatic rings. The van der Waals surface area contributed by atoms with Crippen molar-refractivity contribution in [2.75, 3.05) is 5.43 Å². The van der Waals surface area contributed by atoms with Crippen LogP contribution in [0.4, 0.5) is 23.8 Å². The molecule has 0 unspecified atom stereocenters. The van der Waals surface area contributed by atoms with Crippen molar-refractivity contribution in [2.45, 2.75) is 6.18 Å². The monoisotopic (exact) mass is 221 g/mol. The summed E-state index contributed by atoms with van der Waals surface area (Å²) in [6.07, 6.45) is -5.21. The Kier molecular flexibility index (Phi) is 2.98. The summed E-state index contributed by atoms with van der Waals surface area (Å²) in [6.45, 7) is 0. The predicted octanol–water partition coefficient (Wildman–Crippen LogP) is 1.69. The maximum Gasteiger partial charge on any atom is 0.423 e. The molecular weight excluding hydrogens is 215 g/mol. The van der Waals surface area contributed by atoms with Crippen LogP contribution >= 0.6 is 0 Å². The predicted molar refractivity (Wildman–Crippen MR) is 44.0 cm³/mol. The van der Waals surface area contributed by atoms with Gasteiger partial charge in [-0.05, 0) is 12.1 Å². The fourth-order valence-electron chi connectivity index (χ4n) is 0.753. The van der Waals surface area contributed by atoms with E-state index in [0.29, 0.717) is 6.20 Å². The van der Waals surface area contributed by atoms with Crippen LogP contribution in [0.1, 0.15) is 5.56 Å². The van der Waals surface area contributed by atoms with Gasteiger partial charge in [0.1, 0.15) is 5.82 Å². The Labute approximate surface area is 81.9 Å². The highest BCUT2D eigenvalue weighted by atomic mass is 19.4. The highest BCUT2D eigenvalue weighted by Gasteiger charge is 2.30. The average Bonchev–Trinajstić information content (AvgIpc) is 2.14. The number of hydrogen-bond acceptors (Lipinski definition) is 3. The lowest BCUT2D eigenvalue weighted by Crippen LogP contribution is -2.27. The van der Waals surface area contributed by atoms with E-state index in [1.165, 1.54) is 0 Å². The van der Waals surface area contributed by atoms with E-state index < -0.39 is 17.8 Å². The Balaban J connectivity index is 2.69. The molecule has 0 aliphatic heterocycles. The van der Waals surface area contributed by atoms with Gasteiger partial charge < -0.3 is 5.11 Å². The van der Waals surface area contributed by atoms with Gasteiger partial charge in [0.25, 0.3) is 0 Å². The summed E-state index contributed by atoms with van der Waals surface area (Å²) in [4.78, 5) is 13.4. The fourth-order valence-corrected chi connectivity index (χ4v) is 0.753. The number of halogens is 3. The normalized spacial score (nSPS) is 10.9. The minimum Gasteiger partial charge on any atom is -0.464 e. The van der Waals surface area contributed by atoms with Crippen molar-refractivity contribution < 1.29 is 23.1 Å². The number of hydrazine groups is 1. The largest absolute Gasteiger partial charge is 0.464 e. The molecule has 0 radical (unpaired) electrons. The summed E-state index contributed by atoms with van der Waals surface area (Å²) in [5, 5.41) is 8.18. The Hall–Kier alpha value is -1.99. The van der Waals surface area contributed by atoms with Crippen LogP contribution in [0, 0.1) is 0 Å². The smallest absolute Gasteiger partial charge is 0.423 e. The SMILES string of the molecule is O=C(O)NNc1ccc(C(F)(F)F)cn1.